The van der Waals surface area contributed by atoms with Crippen LogP contribution in [0.4, 0.5) is 0 Å². The second kappa shape index (κ2) is 2.99. The number of aldehydes is 1. The Bertz CT molecular complexity index is 230. The van der Waals surface area contributed by atoms with Crippen molar-refractivity contribution in [1.29, 1.82) is 0 Å². The average molecular weight is 231 g/mol. The van der Waals surface area contributed by atoms with E-state index >= 15 is 0 Å². The molecule has 0 saturated carbocycles. The van der Waals surface area contributed by atoms with Crippen molar-refractivity contribution in [3.8, 4) is 0 Å². The standard InChI is InChI=1S/C10H15BrO/c1-9(2)8(6-11)4-5-10(9,3)7-12/h4,7H,5-6H2,1-3H3. The zero-order valence-corrected chi connectivity index (χ0v) is 9.44. The van der Waals surface area contributed by atoms with Crippen LogP contribution in [-0.4, -0.2) is 11.6 Å². The molecule has 0 aromatic carbocycles. The molecule has 0 bridgehead atoms. The van der Waals surface area contributed by atoms with Gasteiger partial charge in [0.25, 0.3) is 0 Å². The second-order valence-electron chi connectivity index (χ2n) is 4.23. The second-order valence-corrected chi connectivity index (χ2v) is 4.79. The van der Waals surface area contributed by atoms with E-state index in [0.717, 1.165) is 18.0 Å². The van der Waals surface area contributed by atoms with Gasteiger partial charge in [-0.05, 0) is 11.8 Å². The monoisotopic (exact) mass is 230 g/mol. The van der Waals surface area contributed by atoms with Gasteiger partial charge in [0.15, 0.2) is 0 Å². The van der Waals surface area contributed by atoms with E-state index in [2.05, 4.69) is 35.9 Å². The summed E-state index contributed by atoms with van der Waals surface area (Å²) in [6, 6.07) is 0. The Balaban J connectivity index is 3.00. The summed E-state index contributed by atoms with van der Waals surface area (Å²) in [7, 11) is 0. The number of alkyl halides is 1. The molecule has 0 amide bonds. The van der Waals surface area contributed by atoms with Gasteiger partial charge in [-0.1, -0.05) is 48.4 Å². The minimum absolute atomic E-state index is 0.0122. The molecule has 1 nitrogen and oxygen atoms in total. The maximum absolute atomic E-state index is 11.0. The van der Waals surface area contributed by atoms with Gasteiger partial charge in [0.1, 0.15) is 6.29 Å². The van der Waals surface area contributed by atoms with Gasteiger partial charge < -0.3 is 4.79 Å². The van der Waals surface area contributed by atoms with Crippen molar-refractivity contribution in [3.05, 3.63) is 11.6 Å². The SMILES string of the molecule is CC1(C=O)CC=C(CBr)C1(C)C. The highest BCUT2D eigenvalue weighted by molar-refractivity contribution is 9.09. The Morgan fingerprint density at radius 2 is 2.17 bits per heavy atom. The molecule has 1 rings (SSSR count). The Kier molecular flexibility index (Phi) is 2.48. The third-order valence-corrected chi connectivity index (χ3v) is 4.01. The Morgan fingerprint density at radius 1 is 1.58 bits per heavy atom. The van der Waals surface area contributed by atoms with Crippen LogP contribution in [-0.2, 0) is 4.79 Å². The number of carbonyl (C=O) groups is 1. The number of hydrogen-bond acceptors (Lipinski definition) is 1. The van der Waals surface area contributed by atoms with Gasteiger partial charge in [0.2, 0.25) is 0 Å². The minimum atomic E-state index is -0.198. The van der Waals surface area contributed by atoms with Crippen molar-refractivity contribution in [2.75, 3.05) is 5.33 Å². The highest BCUT2D eigenvalue weighted by atomic mass is 79.9. The Morgan fingerprint density at radius 3 is 2.42 bits per heavy atom. The van der Waals surface area contributed by atoms with Crippen LogP contribution in [0.15, 0.2) is 11.6 Å². The van der Waals surface area contributed by atoms with Crippen molar-refractivity contribution in [3.63, 3.8) is 0 Å². The lowest BCUT2D eigenvalue weighted by molar-refractivity contribution is -0.119. The van der Waals surface area contributed by atoms with E-state index in [1.54, 1.807) is 0 Å². The Hall–Kier alpha value is -0.110. The third-order valence-electron chi connectivity index (χ3n) is 3.41. The van der Waals surface area contributed by atoms with Crippen LogP contribution >= 0.6 is 15.9 Å². The molecule has 0 saturated heterocycles. The van der Waals surface area contributed by atoms with Gasteiger partial charge in [0, 0.05) is 10.7 Å². The zero-order valence-electron chi connectivity index (χ0n) is 7.86. The molecule has 0 aromatic rings. The van der Waals surface area contributed by atoms with Gasteiger partial charge in [-0.3, -0.25) is 0 Å². The lowest BCUT2D eigenvalue weighted by Gasteiger charge is -2.35. The fourth-order valence-electron chi connectivity index (χ4n) is 1.63. The van der Waals surface area contributed by atoms with Gasteiger partial charge in [-0.2, -0.15) is 0 Å². The van der Waals surface area contributed by atoms with Crippen LogP contribution in [0.5, 0.6) is 0 Å². The summed E-state index contributed by atoms with van der Waals surface area (Å²) in [6.45, 7) is 6.31. The molecule has 68 valence electrons. The Labute approximate surface area is 82.4 Å². The molecule has 0 N–H and O–H groups in total. The molecule has 1 atom stereocenters. The normalized spacial score (nSPS) is 33.2. The number of allylic oxidation sites excluding steroid dienone is 2. The molecular formula is C10H15BrO. The predicted octanol–water partition coefficient (Wildman–Crippen LogP) is 2.94. The van der Waals surface area contributed by atoms with Crippen LogP contribution < -0.4 is 0 Å². The van der Waals surface area contributed by atoms with E-state index in [0.29, 0.717) is 0 Å². The fourth-order valence-corrected chi connectivity index (χ4v) is 2.56. The highest BCUT2D eigenvalue weighted by Crippen LogP contribution is 2.51. The summed E-state index contributed by atoms with van der Waals surface area (Å²) in [5, 5.41) is 0.878. The van der Waals surface area contributed by atoms with Crippen molar-refractivity contribution < 1.29 is 4.79 Å². The topological polar surface area (TPSA) is 17.1 Å². The van der Waals surface area contributed by atoms with Crippen LogP contribution in [0.25, 0.3) is 0 Å². The van der Waals surface area contributed by atoms with Gasteiger partial charge >= 0.3 is 0 Å². The summed E-state index contributed by atoms with van der Waals surface area (Å²) in [4.78, 5) is 11.0. The summed E-state index contributed by atoms with van der Waals surface area (Å²) in [5.74, 6) is 0. The number of halogens is 1. The zero-order chi connectivity index (χ0) is 9.41. The first-order valence-electron chi connectivity index (χ1n) is 4.20. The van der Waals surface area contributed by atoms with E-state index in [4.69, 9.17) is 0 Å². The summed E-state index contributed by atoms with van der Waals surface area (Å²) < 4.78 is 0. The third kappa shape index (κ3) is 1.17. The van der Waals surface area contributed by atoms with Crippen LogP contribution in [0.1, 0.15) is 27.2 Å². The lowest BCUT2D eigenvalue weighted by atomic mass is 9.67. The molecule has 12 heavy (non-hydrogen) atoms. The molecule has 1 unspecified atom stereocenters. The van der Waals surface area contributed by atoms with Gasteiger partial charge in [-0.25, -0.2) is 0 Å². The number of rotatable bonds is 2. The first-order chi connectivity index (χ1) is 5.48. The van der Waals surface area contributed by atoms with Crippen LogP contribution in [0.3, 0.4) is 0 Å². The highest BCUT2D eigenvalue weighted by Gasteiger charge is 2.46. The summed E-state index contributed by atoms with van der Waals surface area (Å²) in [5.41, 5.74) is 1.16. The predicted molar refractivity (Wildman–Crippen MR) is 54.4 cm³/mol. The molecule has 0 heterocycles. The fraction of sp³-hybridized carbons (Fsp3) is 0.700. The summed E-state index contributed by atoms with van der Waals surface area (Å²) >= 11 is 3.45. The molecule has 0 radical (unpaired) electrons. The van der Waals surface area contributed by atoms with Crippen molar-refractivity contribution >= 4 is 22.2 Å². The molecule has 2 heteroatoms. The van der Waals surface area contributed by atoms with Crippen molar-refractivity contribution in [1.82, 2.24) is 0 Å². The molecular weight excluding hydrogens is 216 g/mol. The van der Waals surface area contributed by atoms with Gasteiger partial charge in [0.05, 0.1) is 0 Å². The molecule has 0 aromatic heterocycles. The van der Waals surface area contributed by atoms with Crippen LogP contribution in [0.2, 0.25) is 0 Å². The number of hydrogen-bond donors (Lipinski definition) is 0. The van der Waals surface area contributed by atoms with E-state index in [1.165, 1.54) is 5.57 Å². The molecule has 0 fully saturated rings. The molecule has 0 spiro atoms. The first kappa shape index (κ1) is 9.97. The van der Waals surface area contributed by atoms with Crippen molar-refractivity contribution in [2.24, 2.45) is 10.8 Å². The maximum atomic E-state index is 11.0. The minimum Gasteiger partial charge on any atom is -0.303 e. The first-order valence-corrected chi connectivity index (χ1v) is 5.32. The molecule has 0 aliphatic heterocycles. The van der Waals surface area contributed by atoms with E-state index in [1.807, 2.05) is 6.92 Å². The lowest BCUT2D eigenvalue weighted by Crippen LogP contribution is -2.34. The summed E-state index contributed by atoms with van der Waals surface area (Å²) in [6.07, 6.45) is 4.16. The smallest absolute Gasteiger partial charge is 0.127 e. The van der Waals surface area contributed by atoms with Gasteiger partial charge in [-0.15, -0.1) is 0 Å². The van der Waals surface area contributed by atoms with E-state index in [-0.39, 0.29) is 10.8 Å². The molecule has 1 aliphatic rings. The van der Waals surface area contributed by atoms with E-state index in [9.17, 15) is 4.79 Å². The number of carbonyl (C=O) groups excluding carboxylic acids is 1. The van der Waals surface area contributed by atoms with Crippen LogP contribution in [0, 0.1) is 10.8 Å². The molecule has 1 aliphatic carbocycles. The largest absolute Gasteiger partial charge is 0.303 e. The van der Waals surface area contributed by atoms with Crippen molar-refractivity contribution in [2.45, 2.75) is 27.2 Å². The van der Waals surface area contributed by atoms with E-state index < -0.39 is 0 Å². The average Bonchev–Trinajstić information content (AvgIpc) is 2.25. The maximum Gasteiger partial charge on any atom is 0.127 e. The quantitative estimate of drug-likeness (QED) is 0.405.